The Morgan fingerprint density at radius 1 is 1.09 bits per heavy atom. The smallest absolute Gasteiger partial charge is 0.408 e. The Hall–Kier alpha value is -2.38. The zero-order chi connectivity index (χ0) is 23.6. The normalized spacial score (nSPS) is 12.0. The highest BCUT2D eigenvalue weighted by Crippen LogP contribution is 2.22. The molecule has 2 rings (SSSR count). The van der Waals surface area contributed by atoms with Crippen LogP contribution < -0.4 is 15.4 Å². The third-order valence-electron chi connectivity index (χ3n) is 4.26. The van der Waals surface area contributed by atoms with Crippen molar-refractivity contribution in [3.05, 3.63) is 64.7 Å². The first-order valence-corrected chi connectivity index (χ1v) is 12.2. The molecule has 0 saturated carbocycles. The summed E-state index contributed by atoms with van der Waals surface area (Å²) in [4.78, 5) is 24.9. The summed E-state index contributed by atoms with van der Waals surface area (Å²) in [6, 6.07) is 14.5. The molecule has 0 saturated heterocycles. The van der Waals surface area contributed by atoms with Crippen molar-refractivity contribution in [3.8, 4) is 5.75 Å². The Bertz CT molecular complexity index is 887. The third kappa shape index (κ3) is 9.83. The van der Waals surface area contributed by atoms with E-state index in [0.717, 1.165) is 16.9 Å². The molecule has 0 heterocycles. The molecule has 8 heteroatoms. The van der Waals surface area contributed by atoms with Crippen molar-refractivity contribution < 1.29 is 19.1 Å². The minimum absolute atomic E-state index is 0.257. The van der Waals surface area contributed by atoms with Gasteiger partial charge in [0.2, 0.25) is 5.91 Å². The molecule has 6 nitrogen and oxygen atoms in total. The molecule has 0 aliphatic carbocycles. The summed E-state index contributed by atoms with van der Waals surface area (Å²) in [6.07, 6.45) is 1.83. The number of benzene rings is 2. The molecule has 1 atom stereocenters. The molecule has 0 radical (unpaired) electrons. The van der Waals surface area contributed by atoms with E-state index in [9.17, 15) is 9.59 Å². The van der Waals surface area contributed by atoms with Gasteiger partial charge in [-0.15, -0.1) is 0 Å². The molecule has 0 aliphatic rings. The SMILES string of the molecule is CSCC[C@@H](NC(=O)OC(C)(C)C)C(=O)NCc1cc(Cl)cc(OCc2ccccc2)c1. The molecule has 2 aromatic carbocycles. The molecular formula is C24H31ClN2O4S. The summed E-state index contributed by atoms with van der Waals surface area (Å²) >= 11 is 7.84. The van der Waals surface area contributed by atoms with Crippen molar-refractivity contribution in [2.75, 3.05) is 12.0 Å². The van der Waals surface area contributed by atoms with Crippen molar-refractivity contribution in [2.45, 2.75) is 52.0 Å². The Morgan fingerprint density at radius 3 is 2.47 bits per heavy atom. The highest BCUT2D eigenvalue weighted by atomic mass is 35.5. The Kier molecular flexibility index (Phi) is 10.2. The second-order valence-electron chi connectivity index (χ2n) is 8.27. The van der Waals surface area contributed by atoms with Gasteiger partial charge in [-0.25, -0.2) is 4.79 Å². The molecular weight excluding hydrogens is 448 g/mol. The third-order valence-corrected chi connectivity index (χ3v) is 5.13. The topological polar surface area (TPSA) is 76.7 Å². The first-order chi connectivity index (χ1) is 15.2. The lowest BCUT2D eigenvalue weighted by Crippen LogP contribution is -2.48. The van der Waals surface area contributed by atoms with Crippen LogP contribution in [0.5, 0.6) is 5.75 Å². The molecule has 0 fully saturated rings. The second-order valence-corrected chi connectivity index (χ2v) is 9.69. The fourth-order valence-electron chi connectivity index (χ4n) is 2.81. The molecule has 0 spiro atoms. The number of thioether (sulfide) groups is 1. The average Bonchev–Trinajstić information content (AvgIpc) is 2.72. The number of carbonyl (C=O) groups excluding carboxylic acids is 2. The van der Waals surface area contributed by atoms with Crippen molar-refractivity contribution >= 4 is 35.4 Å². The van der Waals surface area contributed by atoms with Gasteiger partial charge in [-0.3, -0.25) is 4.79 Å². The highest BCUT2D eigenvalue weighted by Gasteiger charge is 2.24. The lowest BCUT2D eigenvalue weighted by molar-refractivity contribution is -0.123. The maximum Gasteiger partial charge on any atom is 0.408 e. The second kappa shape index (κ2) is 12.6. The van der Waals surface area contributed by atoms with E-state index in [0.29, 0.717) is 23.8 Å². The fraction of sp³-hybridized carbons (Fsp3) is 0.417. The van der Waals surface area contributed by atoms with E-state index in [1.165, 1.54) is 0 Å². The molecule has 2 N–H and O–H groups in total. The Morgan fingerprint density at radius 2 is 1.81 bits per heavy atom. The van der Waals surface area contributed by atoms with E-state index in [-0.39, 0.29) is 12.5 Å². The van der Waals surface area contributed by atoms with Crippen LogP contribution in [0, 0.1) is 0 Å². The van der Waals surface area contributed by atoms with Gasteiger partial charge >= 0.3 is 6.09 Å². The predicted molar refractivity (Wildman–Crippen MR) is 130 cm³/mol. The maximum absolute atomic E-state index is 12.7. The van der Waals surface area contributed by atoms with Crippen molar-refractivity contribution in [1.29, 1.82) is 0 Å². The zero-order valence-corrected chi connectivity index (χ0v) is 20.5. The van der Waals surface area contributed by atoms with Gasteiger partial charge in [-0.05, 0) is 68.5 Å². The van der Waals surface area contributed by atoms with Crippen LogP contribution in [0.1, 0.15) is 38.3 Å². The standard InChI is InChI=1S/C24H31ClN2O4S/c1-24(2,3)31-23(29)27-21(10-11-32-4)22(28)26-15-18-12-19(25)14-20(13-18)30-16-17-8-6-5-7-9-17/h5-9,12-14,21H,10-11,15-16H2,1-4H3,(H,26,28)(H,27,29)/t21-/m1/s1. The summed E-state index contributed by atoms with van der Waals surface area (Å²) in [5.74, 6) is 1.07. The van der Waals surface area contributed by atoms with E-state index in [1.807, 2.05) is 42.7 Å². The van der Waals surface area contributed by atoms with E-state index in [4.69, 9.17) is 21.1 Å². The van der Waals surface area contributed by atoms with Crippen LogP contribution in [0.4, 0.5) is 4.79 Å². The van der Waals surface area contributed by atoms with E-state index >= 15 is 0 Å². The van der Waals surface area contributed by atoms with Crippen molar-refractivity contribution in [1.82, 2.24) is 10.6 Å². The van der Waals surface area contributed by atoms with Crippen LogP contribution in [-0.4, -0.2) is 35.7 Å². The van der Waals surface area contributed by atoms with Gasteiger partial charge in [0.15, 0.2) is 0 Å². The van der Waals surface area contributed by atoms with Crippen molar-refractivity contribution in [2.24, 2.45) is 0 Å². The number of rotatable bonds is 10. The van der Waals surface area contributed by atoms with E-state index in [2.05, 4.69) is 10.6 Å². The maximum atomic E-state index is 12.7. The fourth-order valence-corrected chi connectivity index (χ4v) is 3.53. The quantitative estimate of drug-likeness (QED) is 0.492. The van der Waals surface area contributed by atoms with E-state index in [1.54, 1.807) is 44.7 Å². The van der Waals surface area contributed by atoms with Gasteiger partial charge in [0.05, 0.1) is 0 Å². The molecule has 2 amide bonds. The minimum atomic E-state index is -0.690. The summed E-state index contributed by atoms with van der Waals surface area (Å²) < 4.78 is 11.1. The first-order valence-electron chi connectivity index (χ1n) is 10.4. The van der Waals surface area contributed by atoms with Crippen LogP contribution in [0.15, 0.2) is 48.5 Å². The zero-order valence-electron chi connectivity index (χ0n) is 18.9. The van der Waals surface area contributed by atoms with Gasteiger partial charge in [-0.2, -0.15) is 11.8 Å². The number of hydrogen-bond acceptors (Lipinski definition) is 5. The molecule has 0 aliphatic heterocycles. The van der Waals surface area contributed by atoms with Gasteiger partial charge in [0.25, 0.3) is 0 Å². The largest absolute Gasteiger partial charge is 0.489 e. The number of nitrogens with one attached hydrogen (secondary N) is 2. The Balaban J connectivity index is 1.97. The molecule has 0 bridgehead atoms. The molecule has 2 aromatic rings. The van der Waals surface area contributed by atoms with Gasteiger partial charge in [-0.1, -0.05) is 41.9 Å². The molecule has 174 valence electrons. The Labute approximate surface area is 199 Å². The van der Waals surface area contributed by atoms with Crippen LogP contribution in [0.2, 0.25) is 5.02 Å². The number of amides is 2. The van der Waals surface area contributed by atoms with Crippen LogP contribution >= 0.6 is 23.4 Å². The number of carbonyl (C=O) groups is 2. The van der Waals surface area contributed by atoms with Crippen molar-refractivity contribution in [3.63, 3.8) is 0 Å². The average molecular weight is 479 g/mol. The molecule has 32 heavy (non-hydrogen) atoms. The first kappa shape index (κ1) is 25.9. The molecule has 0 aromatic heterocycles. The summed E-state index contributed by atoms with van der Waals surface area (Å²) in [5, 5.41) is 6.06. The number of alkyl carbamates (subject to hydrolysis) is 1. The van der Waals surface area contributed by atoms with Gasteiger partial charge < -0.3 is 20.1 Å². The number of ether oxygens (including phenoxy) is 2. The summed E-state index contributed by atoms with van der Waals surface area (Å²) in [6.45, 7) is 6.01. The number of hydrogen-bond donors (Lipinski definition) is 2. The summed E-state index contributed by atoms with van der Waals surface area (Å²) in [7, 11) is 0. The van der Waals surface area contributed by atoms with Crippen LogP contribution in [-0.2, 0) is 22.7 Å². The van der Waals surface area contributed by atoms with Crippen LogP contribution in [0.25, 0.3) is 0 Å². The monoisotopic (exact) mass is 478 g/mol. The molecule has 0 unspecified atom stereocenters. The summed E-state index contributed by atoms with van der Waals surface area (Å²) in [5.41, 5.74) is 1.21. The lowest BCUT2D eigenvalue weighted by Gasteiger charge is -2.23. The van der Waals surface area contributed by atoms with Gasteiger partial charge in [0.1, 0.15) is 24.0 Å². The minimum Gasteiger partial charge on any atom is -0.489 e. The number of halogens is 1. The predicted octanol–water partition coefficient (Wildman–Crippen LogP) is 5.18. The van der Waals surface area contributed by atoms with E-state index < -0.39 is 17.7 Å². The lowest BCUT2D eigenvalue weighted by atomic mass is 10.1. The van der Waals surface area contributed by atoms with Gasteiger partial charge in [0, 0.05) is 11.6 Å². The highest BCUT2D eigenvalue weighted by molar-refractivity contribution is 7.98. The van der Waals surface area contributed by atoms with Crippen LogP contribution in [0.3, 0.4) is 0 Å².